The fourth-order valence-electron chi connectivity index (χ4n) is 1.12. The highest BCUT2D eigenvalue weighted by Crippen LogP contribution is 2.18. The van der Waals surface area contributed by atoms with Crippen LogP contribution in [-0.2, 0) is 19.1 Å². The predicted molar refractivity (Wildman–Crippen MR) is 59.9 cm³/mol. The minimum Gasteiger partial charge on any atom is -0.466 e. The Hall–Kier alpha value is -1.91. The second-order valence-electron chi connectivity index (χ2n) is 3.75. The molecule has 0 aromatic carbocycles. The molecule has 0 aliphatic heterocycles. The number of rotatable bonds is 4. The van der Waals surface area contributed by atoms with Gasteiger partial charge in [-0.1, -0.05) is 19.9 Å². The van der Waals surface area contributed by atoms with Gasteiger partial charge in [0.15, 0.2) is 0 Å². The number of nitrogens with zero attached hydrogens (tertiary/aromatic N) is 1. The first-order valence-corrected chi connectivity index (χ1v) is 5.25. The van der Waals surface area contributed by atoms with Gasteiger partial charge in [-0.2, -0.15) is 0 Å². The topological polar surface area (TPSA) is 65.5 Å². The number of carbonyl (C=O) groups excluding carboxylic acids is 2. The average molecular weight is 237 g/mol. The maximum atomic E-state index is 11.5. The van der Waals surface area contributed by atoms with Crippen LogP contribution in [-0.4, -0.2) is 24.0 Å². The van der Waals surface area contributed by atoms with Crippen LogP contribution in [0.4, 0.5) is 0 Å². The number of hydrogen-bond donors (Lipinski definition) is 0. The number of ether oxygens (including phenoxy) is 2. The molecule has 1 rings (SSSR count). The van der Waals surface area contributed by atoms with Gasteiger partial charge in [-0.15, -0.1) is 0 Å². The Labute approximate surface area is 99.8 Å². The monoisotopic (exact) mass is 237 g/mol. The second kappa shape index (κ2) is 5.98. The zero-order valence-corrected chi connectivity index (χ0v) is 10.0. The molecule has 0 saturated heterocycles. The number of pyridine rings is 1. The van der Waals surface area contributed by atoms with E-state index in [1.807, 2.05) is 0 Å². The lowest BCUT2D eigenvalue weighted by atomic mass is 10.2. The van der Waals surface area contributed by atoms with Crippen molar-refractivity contribution in [3.8, 4) is 0 Å². The lowest BCUT2D eigenvalue weighted by molar-refractivity contribution is -0.169. The summed E-state index contributed by atoms with van der Waals surface area (Å²) in [5.41, 5.74) is 0.355. The third-order valence-corrected chi connectivity index (χ3v) is 2.08. The van der Waals surface area contributed by atoms with E-state index >= 15 is 0 Å². The van der Waals surface area contributed by atoms with Gasteiger partial charge in [0.25, 0.3) is 0 Å². The van der Waals surface area contributed by atoms with Crippen molar-refractivity contribution in [3.63, 3.8) is 0 Å². The van der Waals surface area contributed by atoms with Crippen LogP contribution in [0.5, 0.6) is 0 Å². The average Bonchev–Trinajstić information content (AvgIpc) is 2.35. The molecular formula is C12H15NO4. The van der Waals surface area contributed by atoms with E-state index in [1.54, 1.807) is 32.0 Å². The van der Waals surface area contributed by atoms with Crippen LogP contribution in [0.3, 0.4) is 0 Å². The summed E-state index contributed by atoms with van der Waals surface area (Å²) in [4.78, 5) is 27.0. The number of carbonyl (C=O) groups is 2. The Morgan fingerprint density at radius 3 is 2.41 bits per heavy atom. The van der Waals surface area contributed by atoms with Gasteiger partial charge in [-0.25, -0.2) is 4.79 Å². The van der Waals surface area contributed by atoms with Crippen LogP contribution in [0.2, 0.25) is 0 Å². The highest BCUT2D eigenvalue weighted by molar-refractivity contribution is 5.80. The molecule has 0 radical (unpaired) electrons. The van der Waals surface area contributed by atoms with Crippen LogP contribution in [0.1, 0.15) is 25.6 Å². The fourth-order valence-corrected chi connectivity index (χ4v) is 1.12. The Morgan fingerprint density at radius 2 is 1.94 bits per heavy atom. The van der Waals surface area contributed by atoms with Crippen molar-refractivity contribution in [2.75, 3.05) is 7.11 Å². The SMILES string of the molecule is COC(=O)C(OC(=O)C(C)C)c1ccccn1. The van der Waals surface area contributed by atoms with E-state index < -0.39 is 18.0 Å². The van der Waals surface area contributed by atoms with Crippen LogP contribution in [0.25, 0.3) is 0 Å². The molecular weight excluding hydrogens is 222 g/mol. The van der Waals surface area contributed by atoms with Crippen molar-refractivity contribution in [3.05, 3.63) is 30.1 Å². The van der Waals surface area contributed by atoms with Gasteiger partial charge < -0.3 is 9.47 Å². The first-order valence-electron chi connectivity index (χ1n) is 5.25. The molecule has 0 amide bonds. The van der Waals surface area contributed by atoms with Gasteiger partial charge in [0, 0.05) is 6.20 Å². The molecule has 0 fully saturated rings. The van der Waals surface area contributed by atoms with E-state index in [2.05, 4.69) is 9.72 Å². The zero-order valence-electron chi connectivity index (χ0n) is 10.0. The van der Waals surface area contributed by atoms with E-state index in [-0.39, 0.29) is 5.92 Å². The molecule has 5 nitrogen and oxygen atoms in total. The summed E-state index contributed by atoms with van der Waals surface area (Å²) in [6.07, 6.45) is 0.421. The molecule has 0 saturated carbocycles. The molecule has 1 atom stereocenters. The van der Waals surface area contributed by atoms with Gasteiger partial charge in [0.2, 0.25) is 6.10 Å². The van der Waals surface area contributed by atoms with Crippen LogP contribution in [0.15, 0.2) is 24.4 Å². The molecule has 17 heavy (non-hydrogen) atoms. The second-order valence-corrected chi connectivity index (χ2v) is 3.75. The molecule has 1 aromatic rings. The van der Waals surface area contributed by atoms with Crippen molar-refractivity contribution in [1.29, 1.82) is 0 Å². The van der Waals surface area contributed by atoms with E-state index in [4.69, 9.17) is 4.74 Å². The van der Waals surface area contributed by atoms with Gasteiger partial charge in [0.1, 0.15) is 0 Å². The summed E-state index contributed by atoms with van der Waals surface area (Å²) in [6.45, 7) is 3.38. The van der Waals surface area contributed by atoms with Crippen molar-refractivity contribution < 1.29 is 19.1 Å². The summed E-state index contributed by atoms with van der Waals surface area (Å²) in [6, 6.07) is 5.03. The lowest BCUT2D eigenvalue weighted by Crippen LogP contribution is -2.24. The third-order valence-electron chi connectivity index (χ3n) is 2.08. The molecule has 1 unspecified atom stereocenters. The van der Waals surface area contributed by atoms with Crippen molar-refractivity contribution in [2.24, 2.45) is 5.92 Å². The summed E-state index contributed by atoms with van der Waals surface area (Å²) >= 11 is 0. The van der Waals surface area contributed by atoms with Gasteiger partial charge >= 0.3 is 11.9 Å². The van der Waals surface area contributed by atoms with Crippen LogP contribution in [0, 0.1) is 5.92 Å². The normalized spacial score (nSPS) is 12.0. The first kappa shape index (κ1) is 13.2. The summed E-state index contributed by atoms with van der Waals surface area (Å²) in [5.74, 6) is -1.42. The van der Waals surface area contributed by atoms with Crippen molar-refractivity contribution in [2.45, 2.75) is 20.0 Å². The van der Waals surface area contributed by atoms with Crippen LogP contribution >= 0.6 is 0 Å². The fraction of sp³-hybridized carbons (Fsp3) is 0.417. The maximum absolute atomic E-state index is 11.5. The minimum absolute atomic E-state index is 0.314. The molecule has 0 spiro atoms. The number of esters is 2. The first-order chi connectivity index (χ1) is 8.06. The minimum atomic E-state index is -1.10. The number of methoxy groups -OCH3 is 1. The Morgan fingerprint density at radius 1 is 1.24 bits per heavy atom. The van der Waals surface area contributed by atoms with E-state index in [1.165, 1.54) is 13.3 Å². The molecule has 0 aliphatic rings. The Bertz CT molecular complexity index is 389. The van der Waals surface area contributed by atoms with E-state index in [0.717, 1.165) is 0 Å². The van der Waals surface area contributed by atoms with Crippen molar-refractivity contribution >= 4 is 11.9 Å². The standard InChI is InChI=1S/C12H15NO4/c1-8(2)11(14)17-10(12(15)16-3)9-6-4-5-7-13-9/h4-8,10H,1-3H3. The number of hydrogen-bond acceptors (Lipinski definition) is 5. The molecule has 5 heteroatoms. The Balaban J connectivity index is 2.90. The maximum Gasteiger partial charge on any atom is 0.353 e. The summed E-state index contributed by atoms with van der Waals surface area (Å²) in [7, 11) is 1.24. The Kier molecular flexibility index (Phi) is 4.63. The lowest BCUT2D eigenvalue weighted by Gasteiger charge is -2.16. The van der Waals surface area contributed by atoms with Gasteiger partial charge in [-0.3, -0.25) is 9.78 Å². The van der Waals surface area contributed by atoms with Crippen LogP contribution < -0.4 is 0 Å². The highest BCUT2D eigenvalue weighted by Gasteiger charge is 2.27. The molecule has 0 bridgehead atoms. The van der Waals surface area contributed by atoms with Gasteiger partial charge in [-0.05, 0) is 12.1 Å². The summed E-state index contributed by atoms with van der Waals surface area (Å²) in [5, 5.41) is 0. The van der Waals surface area contributed by atoms with Gasteiger partial charge in [0.05, 0.1) is 18.7 Å². The van der Waals surface area contributed by atoms with E-state index in [9.17, 15) is 9.59 Å². The molecule has 1 aromatic heterocycles. The van der Waals surface area contributed by atoms with E-state index in [0.29, 0.717) is 5.69 Å². The summed E-state index contributed by atoms with van der Waals surface area (Å²) < 4.78 is 9.67. The quantitative estimate of drug-likeness (QED) is 0.742. The zero-order chi connectivity index (χ0) is 12.8. The number of aromatic nitrogens is 1. The smallest absolute Gasteiger partial charge is 0.353 e. The highest BCUT2D eigenvalue weighted by atomic mass is 16.6. The predicted octanol–water partition coefficient (Wildman–Crippen LogP) is 1.49. The molecule has 1 heterocycles. The van der Waals surface area contributed by atoms with Crippen molar-refractivity contribution in [1.82, 2.24) is 4.98 Å². The third kappa shape index (κ3) is 3.55. The molecule has 0 N–H and O–H groups in total. The largest absolute Gasteiger partial charge is 0.466 e. The molecule has 0 aliphatic carbocycles. The molecule has 92 valence electrons.